The number of amides is 6. The minimum absolute atomic E-state index is 0.0178. The first-order valence-corrected chi connectivity index (χ1v) is 29.3. The third kappa shape index (κ3) is 16.3. The zero-order valence-electron chi connectivity index (χ0n) is 53.5. The molecule has 26 heteroatoms. The summed E-state index contributed by atoms with van der Waals surface area (Å²) in [5, 5.41) is 38.6. The lowest BCUT2D eigenvalue weighted by atomic mass is 10.0. The number of likely N-dealkylation sites (N-methyl/N-ethyl adjacent to an activating group) is 4. The molecule has 6 aliphatic heterocycles. The third-order valence-corrected chi connectivity index (χ3v) is 15.0. The van der Waals surface area contributed by atoms with E-state index < -0.39 is 17.8 Å². The Morgan fingerprint density at radius 3 is 1.38 bits per heavy atom. The van der Waals surface area contributed by atoms with E-state index in [2.05, 4.69) is 37.2 Å². The number of nitrogens with one attached hydrogen (secondary N) is 7. The molecule has 0 bridgehead atoms. The van der Waals surface area contributed by atoms with Crippen LogP contribution in [0, 0.1) is 0 Å². The normalized spacial score (nSPS) is 16.6. The van der Waals surface area contributed by atoms with Crippen LogP contribution in [0.3, 0.4) is 0 Å². The topological polar surface area (TPSA) is 299 Å². The van der Waals surface area contributed by atoms with E-state index in [-0.39, 0.29) is 68.5 Å². The SMILES string of the molecule is CNc1ccc2c(c1)N(C)C(=O)C(C)(C)O2.CNc1ccc2c(c1)N(C)C(=O)C(C)O2.CNc1ccc2c(c1)N(C)C(=O)C(CCO)O2.CNc1ccc2c(c1)N(C)C(=O)CO2.CNc1ccc2c(c1)N(CCO)C(=O)CO2.CNc1ccc2c(c1)NC(=O)CO2. The van der Waals surface area contributed by atoms with Gasteiger partial charge in [-0.05, 0) is 130 Å². The number of anilines is 12. The Morgan fingerprint density at radius 1 is 0.473 bits per heavy atom. The van der Waals surface area contributed by atoms with Gasteiger partial charge in [0.1, 0.15) is 34.5 Å². The molecular formula is C65H82N12O14. The summed E-state index contributed by atoms with van der Waals surface area (Å²) < 4.78 is 32.5. The van der Waals surface area contributed by atoms with Gasteiger partial charge >= 0.3 is 0 Å². The maximum atomic E-state index is 12.0. The number of β-amino-alcohol motifs (C(OH)–C–C–N with tert-alkyl or cyclic N) is 1. The van der Waals surface area contributed by atoms with Crippen LogP contribution in [0.15, 0.2) is 109 Å². The molecule has 6 amide bonds. The fraction of sp³-hybridized carbons (Fsp3) is 0.354. The first-order chi connectivity index (χ1) is 43.5. The Kier molecular flexibility index (Phi) is 23.0. The number of hydrogen-bond donors (Lipinski definition) is 9. The van der Waals surface area contributed by atoms with E-state index in [0.717, 1.165) is 85.6 Å². The molecule has 91 heavy (non-hydrogen) atoms. The fourth-order valence-electron chi connectivity index (χ4n) is 9.76. The third-order valence-electron chi connectivity index (χ3n) is 15.0. The van der Waals surface area contributed by atoms with Gasteiger partial charge in [-0.25, -0.2) is 0 Å². The van der Waals surface area contributed by atoms with Crippen LogP contribution in [0.25, 0.3) is 0 Å². The monoisotopic (exact) mass is 1250 g/mol. The number of aliphatic hydroxyl groups excluding tert-OH is 2. The highest BCUT2D eigenvalue weighted by atomic mass is 16.5. The molecular weight excluding hydrogens is 1170 g/mol. The highest BCUT2D eigenvalue weighted by Crippen LogP contribution is 2.41. The second-order valence-electron chi connectivity index (χ2n) is 21.4. The van der Waals surface area contributed by atoms with E-state index in [1.807, 2.05) is 151 Å². The van der Waals surface area contributed by atoms with Crippen molar-refractivity contribution in [2.45, 2.75) is 45.0 Å². The highest BCUT2D eigenvalue weighted by molar-refractivity contribution is 6.03. The van der Waals surface area contributed by atoms with Crippen LogP contribution in [0.1, 0.15) is 27.2 Å². The van der Waals surface area contributed by atoms with Crippen LogP contribution in [-0.4, -0.2) is 174 Å². The number of hydrogen-bond acceptors (Lipinski definition) is 20. The molecule has 6 heterocycles. The fourth-order valence-corrected chi connectivity index (χ4v) is 9.76. The van der Waals surface area contributed by atoms with Crippen molar-refractivity contribution in [2.24, 2.45) is 0 Å². The van der Waals surface area contributed by atoms with Gasteiger partial charge in [-0.15, -0.1) is 0 Å². The zero-order valence-corrected chi connectivity index (χ0v) is 53.5. The molecule has 6 aromatic rings. The largest absolute Gasteiger partial charge is 0.482 e. The molecule has 0 saturated heterocycles. The predicted octanol–water partition coefficient (Wildman–Crippen LogP) is 6.76. The number of rotatable bonds is 10. The second-order valence-corrected chi connectivity index (χ2v) is 21.4. The molecule has 0 fully saturated rings. The van der Waals surface area contributed by atoms with E-state index in [0.29, 0.717) is 30.2 Å². The lowest BCUT2D eigenvalue weighted by molar-refractivity contribution is -0.132. The van der Waals surface area contributed by atoms with Gasteiger partial charge in [-0.3, -0.25) is 28.8 Å². The van der Waals surface area contributed by atoms with E-state index in [1.54, 1.807) is 73.5 Å². The lowest BCUT2D eigenvalue weighted by Gasteiger charge is -2.37. The average molecular weight is 1260 g/mol. The Labute approximate surface area is 529 Å². The Balaban J connectivity index is 0.000000155. The van der Waals surface area contributed by atoms with Crippen LogP contribution in [0.2, 0.25) is 0 Å². The molecule has 26 nitrogen and oxygen atoms in total. The molecule has 2 unspecified atom stereocenters. The maximum Gasteiger partial charge on any atom is 0.270 e. The van der Waals surface area contributed by atoms with Crippen molar-refractivity contribution in [2.75, 3.05) is 172 Å². The van der Waals surface area contributed by atoms with Gasteiger partial charge in [0, 0.05) is 124 Å². The summed E-state index contributed by atoms with van der Waals surface area (Å²) in [6.45, 7) is 5.75. The minimum Gasteiger partial charge on any atom is -0.482 e. The Hall–Kier alpha value is -10.3. The van der Waals surface area contributed by atoms with Crippen LogP contribution in [0.5, 0.6) is 34.5 Å². The smallest absolute Gasteiger partial charge is 0.270 e. The predicted molar refractivity (Wildman–Crippen MR) is 355 cm³/mol. The summed E-state index contributed by atoms with van der Waals surface area (Å²) in [6.07, 6.45) is -0.669. The molecule has 2 atom stereocenters. The summed E-state index contributed by atoms with van der Waals surface area (Å²) in [5.41, 5.74) is 9.48. The Bertz CT molecular complexity index is 3610. The van der Waals surface area contributed by atoms with E-state index in [1.165, 1.54) is 0 Å². The van der Waals surface area contributed by atoms with Gasteiger partial charge < -0.3 is 100 Å². The number of fused-ring (bicyclic) bond motifs is 6. The number of carbonyl (C=O) groups is 6. The van der Waals surface area contributed by atoms with Crippen molar-refractivity contribution in [1.82, 2.24) is 0 Å². The van der Waals surface area contributed by atoms with Crippen molar-refractivity contribution >= 4 is 104 Å². The second kappa shape index (κ2) is 30.7. The van der Waals surface area contributed by atoms with Gasteiger partial charge in [0.05, 0.1) is 40.7 Å². The summed E-state index contributed by atoms with van der Waals surface area (Å²) >= 11 is 0. The van der Waals surface area contributed by atoms with Crippen LogP contribution < -0.4 is 90.1 Å². The van der Waals surface area contributed by atoms with E-state index in [4.69, 9.17) is 38.6 Å². The van der Waals surface area contributed by atoms with E-state index in [9.17, 15) is 28.8 Å². The van der Waals surface area contributed by atoms with Crippen molar-refractivity contribution in [1.29, 1.82) is 0 Å². The van der Waals surface area contributed by atoms with Gasteiger partial charge in [0.25, 0.3) is 35.4 Å². The summed E-state index contributed by atoms with van der Waals surface area (Å²) in [4.78, 5) is 77.5. The van der Waals surface area contributed by atoms with Gasteiger partial charge in [-0.2, -0.15) is 0 Å². The number of benzene rings is 6. The molecule has 486 valence electrons. The van der Waals surface area contributed by atoms with Crippen molar-refractivity contribution < 1.29 is 67.4 Å². The number of carbonyl (C=O) groups excluding carboxylic acids is 6. The maximum absolute atomic E-state index is 12.0. The average Bonchev–Trinajstić information content (AvgIpc) is 0.838. The van der Waals surface area contributed by atoms with Gasteiger partial charge in [0.2, 0.25) is 0 Å². The molecule has 0 radical (unpaired) electrons. The summed E-state index contributed by atoms with van der Waals surface area (Å²) in [6, 6.07) is 33.8. The first-order valence-electron chi connectivity index (χ1n) is 29.3. The standard InChI is InChI=1S/C12H16N2O3.C12H16N2O2.C11H14N2O3.C11H14N2O2.C10H12N2O2.C9H10N2O2/c1-13-8-3-4-10-9(7-8)14(2)12(16)11(17-10)5-6-15;1-12(2)11(15)14(4)9-7-8(13-3)5-6-10(9)16-12;1-12-8-2-3-10-9(6-8)13(4-5-14)11(15)7-16-10;1-7-11(14)13(3)9-6-8(12-2)4-5-10(9)15-7;1-11-7-3-4-9-8(5-7)12(2)10(13)6-14-9;1-10-6-2-3-8-7(4-6)11-9(12)5-13-8/h3-4,7,11,13,15H,5-6H2,1-2H3;5-7,13H,1-4H3;2-3,6,12,14H,4-5,7H2,1H3;4-7,12H,1-3H3;3-5,11H,6H2,1-2H3;2-4,10H,5H2,1H3,(H,11,12). The number of ether oxygens (including phenoxy) is 6. The summed E-state index contributed by atoms with van der Waals surface area (Å²) in [5.74, 6) is 3.88. The Morgan fingerprint density at radius 2 is 0.879 bits per heavy atom. The molecule has 0 aromatic heterocycles. The van der Waals surface area contributed by atoms with Crippen molar-refractivity contribution in [3.8, 4) is 34.5 Å². The van der Waals surface area contributed by atoms with Gasteiger partial charge in [-0.1, -0.05) is 0 Å². The minimum atomic E-state index is -0.789. The van der Waals surface area contributed by atoms with Gasteiger partial charge in [0.15, 0.2) is 37.6 Å². The molecule has 0 spiro atoms. The van der Waals surface area contributed by atoms with Crippen LogP contribution in [-0.2, 0) is 28.8 Å². The van der Waals surface area contributed by atoms with Crippen molar-refractivity contribution in [3.63, 3.8) is 0 Å². The molecule has 9 N–H and O–H groups in total. The van der Waals surface area contributed by atoms with E-state index >= 15 is 0 Å². The van der Waals surface area contributed by atoms with Crippen LogP contribution >= 0.6 is 0 Å². The number of nitrogens with zero attached hydrogens (tertiary/aromatic N) is 5. The van der Waals surface area contributed by atoms with Crippen LogP contribution in [0.4, 0.5) is 68.2 Å². The summed E-state index contributed by atoms with van der Waals surface area (Å²) in [7, 11) is 18.0. The number of aliphatic hydroxyl groups is 2. The molecule has 0 aliphatic carbocycles. The van der Waals surface area contributed by atoms with Crippen molar-refractivity contribution in [3.05, 3.63) is 109 Å². The quantitative estimate of drug-likeness (QED) is 0.0684. The highest BCUT2D eigenvalue weighted by Gasteiger charge is 2.39. The lowest BCUT2D eigenvalue weighted by Crippen LogP contribution is -2.50. The molecule has 12 rings (SSSR count). The zero-order chi connectivity index (χ0) is 66.3. The molecule has 6 aromatic carbocycles. The molecule has 0 saturated carbocycles. The molecule has 6 aliphatic rings. The first kappa shape index (κ1) is 68.2.